The number of nitrogens with zero attached hydrogens (tertiary/aromatic N) is 1. The number of fused-ring (bicyclic) bond motifs is 2. The average molecular weight is 227 g/mol. The van der Waals surface area contributed by atoms with Crippen LogP contribution in [0.2, 0.25) is 0 Å². The fraction of sp³-hybridized carbons (Fsp3) is 0.800. The van der Waals surface area contributed by atoms with Crippen molar-refractivity contribution in [3.63, 3.8) is 0 Å². The molecule has 2 aliphatic rings. The standard InChI is InChI=1S/C10H13NO3S/c11-4-3-10(12)7-5-8-1-2-9(6-7)15(8,13)14/h7-9H,1-3,5-6H2. The van der Waals surface area contributed by atoms with Gasteiger partial charge in [-0.15, -0.1) is 0 Å². The van der Waals surface area contributed by atoms with E-state index in [-0.39, 0.29) is 28.6 Å². The highest BCUT2D eigenvalue weighted by molar-refractivity contribution is 7.93. The van der Waals surface area contributed by atoms with Crippen LogP contribution in [0, 0.1) is 17.2 Å². The lowest BCUT2D eigenvalue weighted by Gasteiger charge is -2.26. The monoisotopic (exact) mass is 227 g/mol. The second-order valence-corrected chi connectivity index (χ2v) is 6.89. The van der Waals surface area contributed by atoms with E-state index in [1.807, 2.05) is 6.07 Å². The topological polar surface area (TPSA) is 75.0 Å². The second kappa shape index (κ2) is 3.60. The number of sulfone groups is 1. The fourth-order valence-corrected chi connectivity index (χ4v) is 5.17. The Morgan fingerprint density at radius 3 is 2.27 bits per heavy atom. The lowest BCUT2D eigenvalue weighted by molar-refractivity contribution is -0.122. The summed E-state index contributed by atoms with van der Waals surface area (Å²) in [5.74, 6) is -0.269. The van der Waals surface area contributed by atoms with Gasteiger partial charge in [-0.3, -0.25) is 4.79 Å². The van der Waals surface area contributed by atoms with Crippen molar-refractivity contribution in [2.45, 2.75) is 42.6 Å². The molecule has 0 radical (unpaired) electrons. The number of carbonyl (C=O) groups excluding carboxylic acids is 1. The first kappa shape index (κ1) is 10.6. The minimum absolute atomic E-state index is 0.0792. The van der Waals surface area contributed by atoms with Crippen molar-refractivity contribution in [1.82, 2.24) is 0 Å². The van der Waals surface area contributed by atoms with Crippen LogP contribution in [0.15, 0.2) is 0 Å². The molecule has 2 saturated heterocycles. The molecule has 0 N–H and O–H groups in total. The lowest BCUT2D eigenvalue weighted by Crippen LogP contribution is -2.35. The van der Waals surface area contributed by atoms with Crippen LogP contribution >= 0.6 is 0 Å². The van der Waals surface area contributed by atoms with Crippen molar-refractivity contribution < 1.29 is 13.2 Å². The van der Waals surface area contributed by atoms with Crippen LogP contribution in [0.5, 0.6) is 0 Å². The summed E-state index contributed by atoms with van der Waals surface area (Å²) in [6.07, 6.45) is 2.20. The Morgan fingerprint density at radius 1 is 1.27 bits per heavy atom. The highest BCUT2D eigenvalue weighted by atomic mass is 32.2. The highest BCUT2D eigenvalue weighted by Gasteiger charge is 2.48. The van der Waals surface area contributed by atoms with Crippen LogP contribution in [-0.4, -0.2) is 24.7 Å². The Hall–Kier alpha value is -0.890. The Labute approximate surface area is 89.2 Å². The molecular formula is C10H13NO3S. The van der Waals surface area contributed by atoms with Gasteiger partial charge in [0.1, 0.15) is 5.78 Å². The van der Waals surface area contributed by atoms with Crippen LogP contribution in [-0.2, 0) is 14.6 Å². The zero-order valence-electron chi connectivity index (χ0n) is 8.35. The Balaban J connectivity index is 2.13. The Morgan fingerprint density at radius 2 is 1.80 bits per heavy atom. The van der Waals surface area contributed by atoms with Gasteiger partial charge in [0.25, 0.3) is 0 Å². The quantitative estimate of drug-likeness (QED) is 0.700. The molecule has 4 nitrogen and oxygen atoms in total. The molecule has 2 unspecified atom stereocenters. The molecule has 2 aliphatic heterocycles. The number of carbonyl (C=O) groups is 1. The van der Waals surface area contributed by atoms with Gasteiger partial charge in [0.2, 0.25) is 0 Å². The molecule has 2 atom stereocenters. The van der Waals surface area contributed by atoms with E-state index in [4.69, 9.17) is 5.26 Å². The van der Waals surface area contributed by atoms with E-state index in [0.717, 1.165) is 0 Å². The third-order valence-electron chi connectivity index (χ3n) is 3.54. The average Bonchev–Trinajstić information content (AvgIpc) is 2.42. The van der Waals surface area contributed by atoms with Crippen LogP contribution in [0.4, 0.5) is 0 Å². The Bertz CT molecular complexity index is 400. The molecule has 0 spiro atoms. The summed E-state index contributed by atoms with van der Waals surface area (Å²) in [5, 5.41) is 7.80. The predicted octanol–water partition coefficient (Wildman–Crippen LogP) is 0.825. The summed E-state index contributed by atoms with van der Waals surface area (Å²) in [7, 11) is -2.95. The van der Waals surface area contributed by atoms with Crippen molar-refractivity contribution >= 4 is 15.6 Å². The summed E-state index contributed by atoms with van der Waals surface area (Å²) < 4.78 is 23.4. The van der Waals surface area contributed by atoms with E-state index in [1.165, 1.54) is 0 Å². The molecule has 2 heterocycles. The van der Waals surface area contributed by atoms with E-state index in [0.29, 0.717) is 25.7 Å². The van der Waals surface area contributed by atoms with E-state index in [1.54, 1.807) is 0 Å². The molecule has 15 heavy (non-hydrogen) atoms. The molecule has 0 aromatic heterocycles. The van der Waals surface area contributed by atoms with E-state index in [9.17, 15) is 13.2 Å². The summed E-state index contributed by atoms with van der Waals surface area (Å²) in [6.45, 7) is 0. The van der Waals surface area contributed by atoms with Crippen molar-refractivity contribution in [3.05, 3.63) is 0 Å². The number of rotatable bonds is 2. The lowest BCUT2D eigenvalue weighted by atomic mass is 9.93. The molecule has 0 amide bonds. The minimum atomic E-state index is -2.95. The summed E-state index contributed by atoms with van der Waals surface area (Å²) in [6, 6.07) is 1.84. The van der Waals surface area contributed by atoms with Gasteiger partial charge in [-0.25, -0.2) is 8.42 Å². The smallest absolute Gasteiger partial charge is 0.156 e. The molecule has 0 aromatic rings. The summed E-state index contributed by atoms with van der Waals surface area (Å²) in [5.41, 5.74) is 0. The molecule has 5 heteroatoms. The molecule has 0 aliphatic carbocycles. The third-order valence-corrected chi connectivity index (χ3v) is 6.26. The van der Waals surface area contributed by atoms with Gasteiger partial charge in [0.05, 0.1) is 23.0 Å². The number of hydrogen-bond donors (Lipinski definition) is 0. The fourth-order valence-electron chi connectivity index (χ4n) is 2.69. The van der Waals surface area contributed by atoms with Crippen LogP contribution in [0.3, 0.4) is 0 Å². The molecule has 0 aromatic carbocycles. The van der Waals surface area contributed by atoms with Crippen LogP contribution in [0.25, 0.3) is 0 Å². The predicted molar refractivity (Wildman–Crippen MR) is 53.7 cm³/mol. The maximum Gasteiger partial charge on any atom is 0.156 e. The molecule has 0 saturated carbocycles. The first-order valence-corrected chi connectivity index (χ1v) is 6.79. The molecule has 2 rings (SSSR count). The SMILES string of the molecule is N#CCC(=O)C1CC2CCC(C1)S2(=O)=O. The van der Waals surface area contributed by atoms with Gasteiger partial charge in [0, 0.05) is 5.92 Å². The second-order valence-electron chi connectivity index (χ2n) is 4.38. The van der Waals surface area contributed by atoms with Crippen LogP contribution < -0.4 is 0 Å². The zero-order chi connectivity index (χ0) is 11.1. The maximum atomic E-state index is 11.7. The molecule has 82 valence electrons. The number of nitriles is 1. The number of Topliss-reactive ketones (excluding diaryl/α,β-unsaturated/α-hetero) is 1. The first-order chi connectivity index (χ1) is 7.05. The van der Waals surface area contributed by atoms with E-state index >= 15 is 0 Å². The molecule has 2 fully saturated rings. The van der Waals surface area contributed by atoms with Crippen molar-refractivity contribution in [1.29, 1.82) is 5.26 Å². The van der Waals surface area contributed by atoms with Crippen molar-refractivity contribution in [2.75, 3.05) is 0 Å². The van der Waals surface area contributed by atoms with Gasteiger partial charge in [-0.2, -0.15) is 5.26 Å². The van der Waals surface area contributed by atoms with Gasteiger partial charge in [0.15, 0.2) is 9.84 Å². The minimum Gasteiger partial charge on any atom is -0.298 e. The molecule has 2 bridgehead atoms. The summed E-state index contributed by atoms with van der Waals surface area (Å²) >= 11 is 0. The number of hydrogen-bond acceptors (Lipinski definition) is 4. The first-order valence-electron chi connectivity index (χ1n) is 5.18. The van der Waals surface area contributed by atoms with E-state index < -0.39 is 9.84 Å². The largest absolute Gasteiger partial charge is 0.298 e. The van der Waals surface area contributed by atoms with Gasteiger partial charge < -0.3 is 0 Å². The van der Waals surface area contributed by atoms with Gasteiger partial charge in [-0.05, 0) is 25.7 Å². The van der Waals surface area contributed by atoms with Gasteiger partial charge in [-0.1, -0.05) is 0 Å². The highest BCUT2D eigenvalue weighted by Crippen LogP contribution is 2.41. The Kier molecular flexibility index (Phi) is 2.55. The number of ketones is 1. The van der Waals surface area contributed by atoms with E-state index in [2.05, 4.69) is 0 Å². The summed E-state index contributed by atoms with van der Waals surface area (Å²) in [4.78, 5) is 11.5. The molecular weight excluding hydrogens is 214 g/mol. The normalized spacial score (nSPS) is 37.1. The third kappa shape index (κ3) is 1.67. The zero-order valence-corrected chi connectivity index (χ0v) is 9.16. The maximum absolute atomic E-state index is 11.7. The van der Waals surface area contributed by atoms with Gasteiger partial charge >= 0.3 is 0 Å². The van der Waals surface area contributed by atoms with Crippen LogP contribution in [0.1, 0.15) is 32.1 Å². The van der Waals surface area contributed by atoms with Crippen molar-refractivity contribution in [2.24, 2.45) is 5.92 Å². The van der Waals surface area contributed by atoms with Crippen molar-refractivity contribution in [3.8, 4) is 6.07 Å².